The minimum absolute atomic E-state index is 0.298. The van der Waals surface area contributed by atoms with Crippen molar-refractivity contribution >= 4 is 5.97 Å². The van der Waals surface area contributed by atoms with E-state index < -0.39 is 5.97 Å². The van der Waals surface area contributed by atoms with Crippen LogP contribution < -0.4 is 10.1 Å². The second-order valence-corrected chi connectivity index (χ2v) is 6.83. The highest BCUT2D eigenvalue weighted by atomic mass is 16.5. The monoisotopic (exact) mass is 339 g/mol. The molecule has 3 rings (SSSR count). The SMILES string of the molecule is Cc1cccc(CNC2CC[C@@H](c3ccc(OCC(=O)O)cc3)C2)c1. The van der Waals surface area contributed by atoms with Gasteiger partial charge in [0.2, 0.25) is 0 Å². The number of aryl methyl sites for hydroxylation is 1. The van der Waals surface area contributed by atoms with Gasteiger partial charge in [0, 0.05) is 12.6 Å². The largest absolute Gasteiger partial charge is 0.482 e. The van der Waals surface area contributed by atoms with Crippen molar-refractivity contribution in [3.63, 3.8) is 0 Å². The maximum absolute atomic E-state index is 10.5. The lowest BCUT2D eigenvalue weighted by Crippen LogP contribution is -2.25. The van der Waals surface area contributed by atoms with Gasteiger partial charge in [0.15, 0.2) is 6.61 Å². The Kier molecular flexibility index (Phi) is 5.71. The smallest absolute Gasteiger partial charge is 0.341 e. The van der Waals surface area contributed by atoms with E-state index in [1.807, 2.05) is 12.1 Å². The molecule has 1 fully saturated rings. The van der Waals surface area contributed by atoms with Crippen molar-refractivity contribution < 1.29 is 14.6 Å². The second-order valence-electron chi connectivity index (χ2n) is 6.83. The van der Waals surface area contributed by atoms with Crippen LogP contribution in [0.1, 0.15) is 41.9 Å². The standard InChI is InChI=1S/C21H25NO3/c1-15-3-2-4-16(11-15)13-22-19-8-5-18(12-19)17-6-9-20(10-7-17)25-14-21(23)24/h2-4,6-7,9-11,18-19,22H,5,8,12-14H2,1H3,(H,23,24)/t18-,19?/m1/s1. The predicted molar refractivity (Wildman–Crippen MR) is 98.0 cm³/mol. The Morgan fingerprint density at radius 3 is 2.72 bits per heavy atom. The third kappa shape index (κ3) is 5.07. The Morgan fingerprint density at radius 2 is 2.00 bits per heavy atom. The van der Waals surface area contributed by atoms with Crippen LogP contribution in [-0.4, -0.2) is 23.7 Å². The highest BCUT2D eigenvalue weighted by molar-refractivity contribution is 5.68. The molecular weight excluding hydrogens is 314 g/mol. The molecule has 1 aliphatic rings. The summed E-state index contributed by atoms with van der Waals surface area (Å²) in [7, 11) is 0. The fourth-order valence-electron chi connectivity index (χ4n) is 3.54. The fourth-order valence-corrected chi connectivity index (χ4v) is 3.54. The van der Waals surface area contributed by atoms with Gasteiger partial charge in [-0.05, 0) is 55.4 Å². The fraction of sp³-hybridized carbons (Fsp3) is 0.381. The Balaban J connectivity index is 1.49. The van der Waals surface area contributed by atoms with Crippen LogP contribution in [0.3, 0.4) is 0 Å². The average Bonchev–Trinajstić information content (AvgIpc) is 3.08. The number of carboxylic acid groups (broad SMARTS) is 1. The highest BCUT2D eigenvalue weighted by Crippen LogP contribution is 2.35. The van der Waals surface area contributed by atoms with Gasteiger partial charge in [-0.1, -0.05) is 42.0 Å². The van der Waals surface area contributed by atoms with Crippen molar-refractivity contribution in [1.29, 1.82) is 0 Å². The number of benzene rings is 2. The number of hydrogen-bond donors (Lipinski definition) is 2. The van der Waals surface area contributed by atoms with Gasteiger partial charge in [0.05, 0.1) is 0 Å². The first kappa shape index (κ1) is 17.5. The van der Waals surface area contributed by atoms with Crippen molar-refractivity contribution in [2.75, 3.05) is 6.61 Å². The van der Waals surface area contributed by atoms with Crippen molar-refractivity contribution in [3.8, 4) is 5.75 Å². The van der Waals surface area contributed by atoms with Gasteiger partial charge >= 0.3 is 5.97 Å². The van der Waals surface area contributed by atoms with Crippen molar-refractivity contribution in [2.45, 2.75) is 44.7 Å². The summed E-state index contributed by atoms with van der Waals surface area (Å²) in [5.74, 6) is 0.212. The minimum atomic E-state index is -0.956. The number of rotatable bonds is 7. The first-order chi connectivity index (χ1) is 12.1. The molecular formula is C21H25NO3. The molecule has 0 aliphatic heterocycles. The van der Waals surface area contributed by atoms with Gasteiger partial charge in [0.25, 0.3) is 0 Å². The van der Waals surface area contributed by atoms with E-state index in [0.29, 0.717) is 17.7 Å². The lowest BCUT2D eigenvalue weighted by molar-refractivity contribution is -0.139. The van der Waals surface area contributed by atoms with Crippen molar-refractivity contribution in [3.05, 3.63) is 65.2 Å². The van der Waals surface area contributed by atoms with Crippen molar-refractivity contribution in [2.24, 2.45) is 0 Å². The van der Waals surface area contributed by atoms with E-state index in [2.05, 4.69) is 48.6 Å². The molecule has 1 aliphatic carbocycles. The van der Waals surface area contributed by atoms with Gasteiger partial charge in [-0.2, -0.15) is 0 Å². The number of hydrogen-bond acceptors (Lipinski definition) is 3. The molecule has 2 aromatic carbocycles. The molecule has 4 heteroatoms. The van der Waals surface area contributed by atoms with Crippen LogP contribution in [0, 0.1) is 6.92 Å². The first-order valence-corrected chi connectivity index (χ1v) is 8.83. The zero-order chi connectivity index (χ0) is 17.6. The Bertz CT molecular complexity index is 711. The Hall–Kier alpha value is -2.33. The van der Waals surface area contributed by atoms with E-state index in [1.165, 1.54) is 29.5 Å². The second kappa shape index (κ2) is 8.17. The van der Waals surface area contributed by atoms with Crippen LogP contribution >= 0.6 is 0 Å². The van der Waals surface area contributed by atoms with Crippen LogP contribution in [0.25, 0.3) is 0 Å². The van der Waals surface area contributed by atoms with E-state index in [9.17, 15) is 4.79 Å². The predicted octanol–water partition coefficient (Wildman–Crippen LogP) is 3.88. The molecule has 0 amide bonds. The van der Waals surface area contributed by atoms with Gasteiger partial charge in [-0.3, -0.25) is 0 Å². The number of carboxylic acids is 1. The lowest BCUT2D eigenvalue weighted by Gasteiger charge is -2.14. The van der Waals surface area contributed by atoms with E-state index >= 15 is 0 Å². The summed E-state index contributed by atoms with van der Waals surface area (Å²) in [6.07, 6.45) is 3.51. The van der Waals surface area contributed by atoms with Crippen molar-refractivity contribution in [1.82, 2.24) is 5.32 Å². The number of ether oxygens (including phenoxy) is 1. The number of nitrogens with one attached hydrogen (secondary N) is 1. The number of carbonyl (C=O) groups is 1. The van der Waals surface area contributed by atoms with Gasteiger partial charge in [-0.15, -0.1) is 0 Å². The average molecular weight is 339 g/mol. The zero-order valence-corrected chi connectivity index (χ0v) is 14.6. The third-order valence-electron chi connectivity index (χ3n) is 4.82. The number of aliphatic carboxylic acids is 1. The highest BCUT2D eigenvalue weighted by Gasteiger charge is 2.25. The van der Waals surface area contributed by atoms with E-state index in [1.54, 1.807) is 0 Å². The molecule has 132 valence electrons. The molecule has 0 aromatic heterocycles. The summed E-state index contributed by atoms with van der Waals surface area (Å²) in [6, 6.07) is 17.0. The topological polar surface area (TPSA) is 58.6 Å². The summed E-state index contributed by atoms with van der Waals surface area (Å²) in [5.41, 5.74) is 3.94. The molecule has 0 heterocycles. The van der Waals surface area contributed by atoms with E-state index in [4.69, 9.17) is 9.84 Å². The molecule has 2 N–H and O–H groups in total. The molecule has 0 radical (unpaired) electrons. The van der Waals surface area contributed by atoms with Crippen LogP contribution in [0.2, 0.25) is 0 Å². The Labute approximate surface area is 148 Å². The van der Waals surface area contributed by atoms with Gasteiger partial charge < -0.3 is 15.2 Å². The van der Waals surface area contributed by atoms with Gasteiger partial charge in [-0.25, -0.2) is 4.79 Å². The summed E-state index contributed by atoms with van der Waals surface area (Å²) >= 11 is 0. The van der Waals surface area contributed by atoms with Gasteiger partial charge in [0.1, 0.15) is 5.75 Å². The Morgan fingerprint density at radius 1 is 1.20 bits per heavy atom. The molecule has 25 heavy (non-hydrogen) atoms. The van der Waals surface area contributed by atoms with Crippen LogP contribution in [0.15, 0.2) is 48.5 Å². The lowest BCUT2D eigenvalue weighted by atomic mass is 9.97. The summed E-state index contributed by atoms with van der Waals surface area (Å²) in [5, 5.41) is 12.3. The molecule has 1 saturated carbocycles. The molecule has 1 unspecified atom stereocenters. The first-order valence-electron chi connectivity index (χ1n) is 8.83. The summed E-state index contributed by atoms with van der Waals surface area (Å²) in [6.45, 7) is 2.74. The quantitative estimate of drug-likeness (QED) is 0.804. The molecule has 0 saturated heterocycles. The third-order valence-corrected chi connectivity index (χ3v) is 4.82. The molecule has 0 bridgehead atoms. The molecule has 0 spiro atoms. The molecule has 2 aromatic rings. The van der Waals surface area contributed by atoms with E-state index in [-0.39, 0.29) is 6.61 Å². The zero-order valence-electron chi connectivity index (χ0n) is 14.6. The van der Waals surface area contributed by atoms with Crippen LogP contribution in [0.4, 0.5) is 0 Å². The van der Waals surface area contributed by atoms with Crippen LogP contribution in [0.5, 0.6) is 5.75 Å². The summed E-state index contributed by atoms with van der Waals surface area (Å²) < 4.78 is 5.19. The summed E-state index contributed by atoms with van der Waals surface area (Å²) in [4.78, 5) is 10.5. The van der Waals surface area contributed by atoms with E-state index in [0.717, 1.165) is 13.0 Å². The molecule has 2 atom stereocenters. The normalized spacial score (nSPS) is 19.7. The molecule has 4 nitrogen and oxygen atoms in total. The van der Waals surface area contributed by atoms with Crippen LogP contribution in [-0.2, 0) is 11.3 Å². The maximum Gasteiger partial charge on any atom is 0.341 e. The maximum atomic E-state index is 10.5. The minimum Gasteiger partial charge on any atom is -0.482 e.